The van der Waals surface area contributed by atoms with Gasteiger partial charge in [-0.3, -0.25) is 4.79 Å². The number of carbonyl (C=O) groups is 3. The molecular weight excluding hydrogens is 436 g/mol. The molecule has 3 unspecified atom stereocenters. The minimum atomic E-state index is -1.63. The maximum Gasteiger partial charge on any atom is 0.407 e. The summed E-state index contributed by atoms with van der Waals surface area (Å²) in [6.45, 7) is -0.115. The van der Waals surface area contributed by atoms with E-state index in [0.717, 1.165) is 36.8 Å². The largest absolute Gasteiger partial charge is 0.479 e. The number of carbonyl (C=O) groups excluding carboxylic acids is 2. The first-order valence-corrected chi connectivity index (χ1v) is 11.7. The van der Waals surface area contributed by atoms with Crippen LogP contribution in [0.25, 0.3) is 11.1 Å². The second-order valence-corrected chi connectivity index (χ2v) is 8.98. The van der Waals surface area contributed by atoms with Gasteiger partial charge in [0, 0.05) is 18.4 Å². The molecule has 2 aromatic rings. The van der Waals surface area contributed by atoms with Crippen LogP contribution in [0.5, 0.6) is 0 Å². The fourth-order valence-corrected chi connectivity index (χ4v) is 5.04. The van der Waals surface area contributed by atoms with Gasteiger partial charge in [-0.25, -0.2) is 9.59 Å². The van der Waals surface area contributed by atoms with Gasteiger partial charge in [0.1, 0.15) is 6.61 Å². The van der Waals surface area contributed by atoms with E-state index in [4.69, 9.17) is 9.84 Å². The quantitative estimate of drug-likeness (QED) is 0.474. The van der Waals surface area contributed by atoms with Gasteiger partial charge in [0.05, 0.1) is 6.54 Å². The highest BCUT2D eigenvalue weighted by molar-refractivity contribution is 5.79. The summed E-state index contributed by atoms with van der Waals surface area (Å²) in [6.07, 6.45) is 1.46. The number of hydrogen-bond acceptors (Lipinski definition) is 5. The molecular formula is C26H30N2O6. The minimum absolute atomic E-state index is 0.0215. The van der Waals surface area contributed by atoms with Crippen LogP contribution < -0.4 is 10.6 Å². The van der Waals surface area contributed by atoms with Gasteiger partial charge in [0.15, 0.2) is 6.10 Å². The number of carboxylic acid groups (broad SMARTS) is 1. The fraction of sp³-hybridized carbons (Fsp3) is 0.423. The number of aliphatic carboxylic acids is 1. The molecule has 0 saturated heterocycles. The first kappa shape index (κ1) is 23.8. The second-order valence-electron chi connectivity index (χ2n) is 8.98. The van der Waals surface area contributed by atoms with E-state index in [1.54, 1.807) is 0 Å². The van der Waals surface area contributed by atoms with E-state index in [1.807, 2.05) is 24.3 Å². The summed E-state index contributed by atoms with van der Waals surface area (Å²) in [5.74, 6) is -1.82. The zero-order valence-electron chi connectivity index (χ0n) is 18.9. The first-order chi connectivity index (χ1) is 16.4. The molecule has 180 valence electrons. The Bertz CT molecular complexity index is 1010. The second kappa shape index (κ2) is 10.7. The lowest BCUT2D eigenvalue weighted by Crippen LogP contribution is -2.45. The molecule has 0 aliphatic heterocycles. The molecule has 0 radical (unpaired) electrons. The summed E-state index contributed by atoms with van der Waals surface area (Å²) in [4.78, 5) is 35.6. The smallest absolute Gasteiger partial charge is 0.407 e. The number of aliphatic hydroxyl groups is 1. The molecule has 0 aromatic heterocycles. The van der Waals surface area contributed by atoms with Crippen molar-refractivity contribution < 1.29 is 29.3 Å². The van der Waals surface area contributed by atoms with Gasteiger partial charge in [-0.2, -0.15) is 0 Å². The summed E-state index contributed by atoms with van der Waals surface area (Å²) in [5.41, 5.74) is 4.62. The van der Waals surface area contributed by atoms with E-state index < -0.39 is 18.2 Å². The first-order valence-electron chi connectivity index (χ1n) is 11.7. The number of nitrogens with one attached hydrogen (secondary N) is 2. The predicted octanol–water partition coefficient (Wildman–Crippen LogP) is 3.04. The molecule has 2 aliphatic rings. The van der Waals surface area contributed by atoms with Crippen LogP contribution in [0.2, 0.25) is 0 Å². The number of alkyl carbamates (subject to hydrolysis) is 1. The number of benzene rings is 2. The molecule has 2 aromatic carbocycles. The SMILES string of the molecule is O=C(CC1CCCCC1NC(=O)OCC1c2ccccc2-c2ccccc21)NCC(O)C(=O)O. The molecule has 0 spiro atoms. The lowest BCUT2D eigenvalue weighted by atomic mass is 9.82. The lowest BCUT2D eigenvalue weighted by molar-refractivity contribution is -0.146. The molecule has 0 heterocycles. The average molecular weight is 467 g/mol. The Morgan fingerprint density at radius 3 is 2.24 bits per heavy atom. The summed E-state index contributed by atoms with van der Waals surface area (Å²) in [5, 5.41) is 23.5. The summed E-state index contributed by atoms with van der Waals surface area (Å²) < 4.78 is 5.65. The van der Waals surface area contributed by atoms with Gasteiger partial charge in [-0.1, -0.05) is 61.4 Å². The van der Waals surface area contributed by atoms with Crippen LogP contribution in [0, 0.1) is 5.92 Å². The van der Waals surface area contributed by atoms with E-state index >= 15 is 0 Å². The van der Waals surface area contributed by atoms with E-state index in [1.165, 1.54) is 11.1 Å². The van der Waals surface area contributed by atoms with Crippen LogP contribution in [0.3, 0.4) is 0 Å². The third-order valence-electron chi connectivity index (χ3n) is 6.78. The zero-order chi connectivity index (χ0) is 24.1. The van der Waals surface area contributed by atoms with Crippen LogP contribution in [0.15, 0.2) is 48.5 Å². The number of aliphatic hydroxyl groups excluding tert-OH is 1. The summed E-state index contributed by atoms with van der Waals surface area (Å²) in [7, 11) is 0. The number of ether oxygens (including phenoxy) is 1. The zero-order valence-corrected chi connectivity index (χ0v) is 18.9. The van der Waals surface area contributed by atoms with Gasteiger partial charge in [0.2, 0.25) is 5.91 Å². The van der Waals surface area contributed by atoms with Crippen molar-refractivity contribution in [2.75, 3.05) is 13.2 Å². The Balaban J connectivity index is 1.32. The molecule has 0 bridgehead atoms. The highest BCUT2D eigenvalue weighted by Crippen LogP contribution is 2.44. The monoisotopic (exact) mass is 466 g/mol. The molecule has 2 aliphatic carbocycles. The van der Waals surface area contributed by atoms with E-state index in [-0.39, 0.29) is 43.4 Å². The number of amides is 2. The maximum atomic E-state index is 12.7. The molecule has 8 nitrogen and oxygen atoms in total. The Kier molecular flexibility index (Phi) is 7.47. The Hall–Kier alpha value is -3.39. The third-order valence-corrected chi connectivity index (χ3v) is 6.78. The Labute approximate surface area is 198 Å². The number of rotatable bonds is 8. The van der Waals surface area contributed by atoms with Crippen molar-refractivity contribution in [3.05, 3.63) is 59.7 Å². The van der Waals surface area contributed by atoms with Gasteiger partial charge in [-0.15, -0.1) is 0 Å². The predicted molar refractivity (Wildman–Crippen MR) is 125 cm³/mol. The maximum absolute atomic E-state index is 12.7. The van der Waals surface area contributed by atoms with Gasteiger partial charge >= 0.3 is 12.1 Å². The van der Waals surface area contributed by atoms with Crippen molar-refractivity contribution in [3.63, 3.8) is 0 Å². The Morgan fingerprint density at radius 1 is 0.971 bits per heavy atom. The molecule has 8 heteroatoms. The van der Waals surface area contributed by atoms with Gasteiger partial charge < -0.3 is 25.6 Å². The van der Waals surface area contributed by atoms with Gasteiger partial charge in [0.25, 0.3) is 0 Å². The molecule has 4 N–H and O–H groups in total. The molecule has 3 atom stereocenters. The minimum Gasteiger partial charge on any atom is -0.479 e. The van der Waals surface area contributed by atoms with E-state index in [0.29, 0.717) is 0 Å². The van der Waals surface area contributed by atoms with Crippen molar-refractivity contribution in [1.29, 1.82) is 0 Å². The van der Waals surface area contributed by atoms with Crippen LogP contribution in [0.4, 0.5) is 4.79 Å². The van der Waals surface area contributed by atoms with Crippen molar-refractivity contribution in [2.45, 2.75) is 50.2 Å². The van der Waals surface area contributed by atoms with E-state index in [9.17, 15) is 19.5 Å². The highest BCUT2D eigenvalue weighted by Gasteiger charge is 2.31. The van der Waals surface area contributed by atoms with Crippen LogP contribution in [0.1, 0.15) is 49.1 Å². The molecule has 34 heavy (non-hydrogen) atoms. The van der Waals surface area contributed by atoms with Crippen LogP contribution >= 0.6 is 0 Å². The number of fused-ring (bicyclic) bond motifs is 3. The number of hydrogen-bond donors (Lipinski definition) is 4. The fourth-order valence-electron chi connectivity index (χ4n) is 5.04. The van der Waals surface area contributed by atoms with Crippen LogP contribution in [-0.2, 0) is 14.3 Å². The highest BCUT2D eigenvalue weighted by atomic mass is 16.5. The van der Waals surface area contributed by atoms with Crippen LogP contribution in [-0.4, -0.2) is 53.5 Å². The molecule has 1 saturated carbocycles. The van der Waals surface area contributed by atoms with E-state index in [2.05, 4.69) is 34.9 Å². The summed E-state index contributed by atoms with van der Waals surface area (Å²) in [6, 6.07) is 16.1. The molecule has 2 amide bonds. The summed E-state index contributed by atoms with van der Waals surface area (Å²) >= 11 is 0. The third kappa shape index (κ3) is 5.39. The average Bonchev–Trinajstić information content (AvgIpc) is 3.16. The Morgan fingerprint density at radius 2 is 1.59 bits per heavy atom. The standard InChI is InChI=1S/C26H30N2O6/c29-23(25(31)32)14-27-24(30)13-16-7-1-6-12-22(16)28-26(33)34-15-21-19-10-4-2-8-17(19)18-9-3-5-11-20(18)21/h2-5,8-11,16,21-23,29H,1,6-7,12-15H2,(H,27,30)(H,28,33)(H,31,32). The molecule has 4 rings (SSSR count). The normalized spacial score (nSPS) is 20.0. The van der Waals surface area contributed by atoms with Crippen molar-refractivity contribution in [3.8, 4) is 11.1 Å². The van der Waals surface area contributed by atoms with Crippen molar-refractivity contribution >= 4 is 18.0 Å². The number of carboxylic acids is 1. The molecule has 1 fully saturated rings. The lowest BCUT2D eigenvalue weighted by Gasteiger charge is -2.31. The van der Waals surface area contributed by atoms with Crippen molar-refractivity contribution in [2.24, 2.45) is 5.92 Å². The van der Waals surface area contributed by atoms with Crippen molar-refractivity contribution in [1.82, 2.24) is 10.6 Å². The topological polar surface area (TPSA) is 125 Å². The van der Waals surface area contributed by atoms with Gasteiger partial charge in [-0.05, 0) is 41.0 Å².